The molecule has 4 nitrogen and oxygen atoms in total. The third kappa shape index (κ3) is 3.83. The van der Waals surface area contributed by atoms with Crippen LogP contribution in [0.25, 0.3) is 0 Å². The van der Waals surface area contributed by atoms with Gasteiger partial charge in [0.1, 0.15) is 35.9 Å². The van der Waals surface area contributed by atoms with Gasteiger partial charge in [0.25, 0.3) is 0 Å². The fourth-order valence-electron chi connectivity index (χ4n) is 11.3. The molecule has 4 heteroatoms. The van der Waals surface area contributed by atoms with Crippen LogP contribution in [0.3, 0.4) is 0 Å². The molecule has 8 aliphatic rings. The zero-order valence-corrected chi connectivity index (χ0v) is 22.4. The number of unbranched alkanes of at least 4 members (excludes halogenated alkanes) is 3. The van der Waals surface area contributed by atoms with Gasteiger partial charge in [-0.15, -0.1) is 0 Å². The monoisotopic (exact) mass is 488 g/mol. The van der Waals surface area contributed by atoms with Gasteiger partial charge in [0.05, 0.1) is 13.1 Å². The Morgan fingerprint density at radius 2 is 0.833 bits per heavy atom. The maximum atomic E-state index is 2.66. The van der Waals surface area contributed by atoms with Gasteiger partial charge in [-0.25, -0.2) is 18.3 Å². The van der Waals surface area contributed by atoms with Crippen molar-refractivity contribution in [3.05, 3.63) is 37.4 Å². The number of nitrogens with zero attached hydrogens (tertiary/aromatic N) is 4. The normalized spacial score (nSPS) is 42.0. The third-order valence-corrected chi connectivity index (χ3v) is 12.1. The molecule has 2 aromatic rings. The molecule has 8 bridgehead atoms. The van der Waals surface area contributed by atoms with Crippen molar-refractivity contribution in [3.8, 4) is 0 Å². The lowest BCUT2D eigenvalue weighted by Gasteiger charge is -2.54. The van der Waals surface area contributed by atoms with Crippen LogP contribution in [0.15, 0.2) is 37.4 Å². The largest absolute Gasteiger partial charge is 0.244 e. The van der Waals surface area contributed by atoms with Crippen molar-refractivity contribution >= 4 is 0 Å². The first-order chi connectivity index (χ1) is 17.6. The topological polar surface area (TPSA) is 17.6 Å². The average molecular weight is 489 g/mol. The summed E-state index contributed by atoms with van der Waals surface area (Å²) in [4.78, 5) is 0. The van der Waals surface area contributed by atoms with Gasteiger partial charge in [0.15, 0.2) is 0 Å². The first-order valence-electron chi connectivity index (χ1n) is 15.8. The van der Waals surface area contributed by atoms with Crippen LogP contribution in [-0.4, -0.2) is 9.13 Å². The summed E-state index contributed by atoms with van der Waals surface area (Å²) < 4.78 is 10.3. The van der Waals surface area contributed by atoms with Crippen molar-refractivity contribution in [3.63, 3.8) is 0 Å². The predicted octanol–water partition coefficient (Wildman–Crippen LogP) is 5.98. The van der Waals surface area contributed by atoms with Gasteiger partial charge in [-0.1, -0.05) is 0 Å². The van der Waals surface area contributed by atoms with E-state index in [4.69, 9.17) is 0 Å². The summed E-state index contributed by atoms with van der Waals surface area (Å²) >= 11 is 0. The van der Waals surface area contributed by atoms with Crippen LogP contribution in [0.4, 0.5) is 0 Å². The molecular formula is C32H48N4+2. The van der Waals surface area contributed by atoms with E-state index in [2.05, 4.69) is 55.7 Å². The molecule has 0 radical (unpaired) electrons. The molecular weight excluding hydrogens is 440 g/mol. The second kappa shape index (κ2) is 8.46. The van der Waals surface area contributed by atoms with Crippen LogP contribution in [0.1, 0.15) is 103 Å². The average Bonchev–Trinajstić information content (AvgIpc) is 3.50. The number of hydrogen-bond donors (Lipinski definition) is 0. The molecule has 0 saturated heterocycles. The molecule has 2 heterocycles. The summed E-state index contributed by atoms with van der Waals surface area (Å²) in [6.45, 7) is 2.38. The molecule has 8 aliphatic carbocycles. The number of imidazole rings is 2. The summed E-state index contributed by atoms with van der Waals surface area (Å²) in [7, 11) is 0. The SMILES string of the molecule is c1c[n+](CCCCCC[n+]2ccn(C34CC5CC(CC(C5)C3)C4)c2)cn1C12CC3CC(CC(C3)C1)C2. The number of aryl methyl sites for hydroxylation is 2. The number of aromatic nitrogens is 4. The maximum absolute atomic E-state index is 2.66. The van der Waals surface area contributed by atoms with E-state index < -0.39 is 0 Å². The maximum Gasteiger partial charge on any atom is 0.244 e. The van der Waals surface area contributed by atoms with E-state index in [0.717, 1.165) is 35.5 Å². The Bertz CT molecular complexity index is 935. The molecule has 10 rings (SSSR count). The summed E-state index contributed by atoms with van der Waals surface area (Å²) in [5, 5.41) is 0. The highest BCUT2D eigenvalue weighted by Gasteiger charge is 2.55. The lowest BCUT2D eigenvalue weighted by Crippen LogP contribution is -2.51. The van der Waals surface area contributed by atoms with E-state index in [1.807, 2.05) is 0 Å². The van der Waals surface area contributed by atoms with Crippen LogP contribution in [0, 0.1) is 35.5 Å². The Kier molecular flexibility index (Phi) is 5.27. The molecule has 0 unspecified atom stereocenters. The van der Waals surface area contributed by atoms with Gasteiger partial charge in [0, 0.05) is 0 Å². The van der Waals surface area contributed by atoms with Crippen LogP contribution in [0.5, 0.6) is 0 Å². The molecule has 8 fully saturated rings. The van der Waals surface area contributed by atoms with Crippen molar-refractivity contribution in [2.75, 3.05) is 0 Å². The van der Waals surface area contributed by atoms with E-state index in [1.165, 1.54) is 116 Å². The molecule has 0 amide bonds. The smallest absolute Gasteiger partial charge is 0.237 e. The zero-order chi connectivity index (χ0) is 23.7. The summed E-state index contributed by atoms with van der Waals surface area (Å²) in [5.74, 6) is 6.14. The Labute approximate surface area is 218 Å². The van der Waals surface area contributed by atoms with Gasteiger partial charge in [-0.05, 0) is 138 Å². The highest BCUT2D eigenvalue weighted by molar-refractivity contribution is 5.06. The lowest BCUT2D eigenvalue weighted by atomic mass is 9.53. The minimum Gasteiger partial charge on any atom is -0.237 e. The first kappa shape index (κ1) is 22.4. The van der Waals surface area contributed by atoms with E-state index in [0.29, 0.717) is 11.1 Å². The Hall–Kier alpha value is -1.58. The van der Waals surface area contributed by atoms with Crippen molar-refractivity contribution in [2.45, 2.75) is 127 Å². The van der Waals surface area contributed by atoms with E-state index >= 15 is 0 Å². The van der Waals surface area contributed by atoms with Crippen LogP contribution >= 0.6 is 0 Å². The van der Waals surface area contributed by atoms with Crippen LogP contribution in [0.2, 0.25) is 0 Å². The highest BCUT2D eigenvalue weighted by Crippen LogP contribution is 2.59. The fraction of sp³-hybridized carbons (Fsp3) is 0.812. The molecule has 0 aliphatic heterocycles. The Morgan fingerprint density at radius 3 is 1.17 bits per heavy atom. The van der Waals surface area contributed by atoms with E-state index in [-0.39, 0.29) is 0 Å². The fourth-order valence-corrected chi connectivity index (χ4v) is 11.3. The first-order valence-corrected chi connectivity index (χ1v) is 15.8. The Balaban J connectivity index is 0.803. The third-order valence-electron chi connectivity index (χ3n) is 12.1. The lowest BCUT2D eigenvalue weighted by molar-refractivity contribution is -0.698. The van der Waals surface area contributed by atoms with Crippen LogP contribution in [-0.2, 0) is 24.2 Å². The second-order valence-electron chi connectivity index (χ2n) is 14.8. The molecule has 8 saturated carbocycles. The Morgan fingerprint density at radius 1 is 0.500 bits per heavy atom. The number of hydrogen-bond acceptors (Lipinski definition) is 0. The second-order valence-corrected chi connectivity index (χ2v) is 14.8. The molecule has 36 heavy (non-hydrogen) atoms. The molecule has 0 N–H and O–H groups in total. The summed E-state index contributed by atoms with van der Waals surface area (Å²) in [5.41, 5.74) is 0.952. The quantitative estimate of drug-likeness (QED) is 0.305. The van der Waals surface area contributed by atoms with Gasteiger partial charge in [0.2, 0.25) is 12.7 Å². The standard InChI is InChI=1S/C32H48N4/c1(3-5-33-7-9-35(23-33)31-17-25-11-26(18-31)13-27(12-25)19-31)2-4-6-34-8-10-36(24-34)32-20-28-14-29(21-32)16-30(15-28)22-32/h7-10,23-30H,1-6,11-22H2/q+2. The predicted molar refractivity (Wildman–Crippen MR) is 140 cm³/mol. The van der Waals surface area contributed by atoms with E-state index in [9.17, 15) is 0 Å². The van der Waals surface area contributed by atoms with Crippen molar-refractivity contribution in [2.24, 2.45) is 35.5 Å². The van der Waals surface area contributed by atoms with E-state index in [1.54, 1.807) is 0 Å². The van der Waals surface area contributed by atoms with Crippen LogP contribution < -0.4 is 9.13 Å². The van der Waals surface area contributed by atoms with Gasteiger partial charge < -0.3 is 0 Å². The van der Waals surface area contributed by atoms with Crippen molar-refractivity contribution in [1.82, 2.24) is 9.13 Å². The minimum atomic E-state index is 0.476. The summed E-state index contributed by atoms with van der Waals surface area (Å²) in [6, 6.07) is 0. The minimum absolute atomic E-state index is 0.476. The number of rotatable bonds is 9. The highest BCUT2D eigenvalue weighted by atomic mass is 15.2. The van der Waals surface area contributed by atoms with Gasteiger partial charge >= 0.3 is 0 Å². The zero-order valence-electron chi connectivity index (χ0n) is 22.4. The van der Waals surface area contributed by atoms with Crippen molar-refractivity contribution in [1.29, 1.82) is 0 Å². The van der Waals surface area contributed by atoms with Crippen molar-refractivity contribution < 1.29 is 9.13 Å². The molecule has 0 atom stereocenters. The molecule has 0 spiro atoms. The molecule has 2 aromatic heterocycles. The molecule has 0 aromatic carbocycles. The van der Waals surface area contributed by atoms with Gasteiger partial charge in [-0.3, -0.25) is 0 Å². The molecule has 194 valence electrons. The summed E-state index contributed by atoms with van der Waals surface area (Å²) in [6.07, 6.45) is 37.8. The van der Waals surface area contributed by atoms with Gasteiger partial charge in [-0.2, -0.15) is 0 Å².